The van der Waals surface area contributed by atoms with Gasteiger partial charge in [-0.3, -0.25) is 9.59 Å². The molecule has 1 N–H and O–H groups in total. The van der Waals surface area contributed by atoms with E-state index < -0.39 is 0 Å². The number of hydrogen-bond acceptors (Lipinski definition) is 3. The van der Waals surface area contributed by atoms with Crippen LogP contribution in [0.25, 0.3) is 0 Å². The fraction of sp³-hybridized carbons (Fsp3) is 0.300. The van der Waals surface area contributed by atoms with E-state index in [1.165, 1.54) is 12.1 Å². The third-order valence-electron chi connectivity index (χ3n) is 4.18. The van der Waals surface area contributed by atoms with Crippen molar-refractivity contribution in [3.05, 3.63) is 59.9 Å². The van der Waals surface area contributed by atoms with Crippen LogP contribution in [0.1, 0.15) is 23.2 Å². The van der Waals surface area contributed by atoms with Gasteiger partial charge in [-0.25, -0.2) is 4.39 Å². The molecule has 136 valence electrons. The molecule has 1 fully saturated rings. The average molecular weight is 356 g/mol. The first-order valence-corrected chi connectivity index (χ1v) is 8.57. The number of ether oxygens (including phenoxy) is 1. The van der Waals surface area contributed by atoms with Crippen molar-refractivity contribution in [3.63, 3.8) is 0 Å². The minimum atomic E-state index is -0.321. The third kappa shape index (κ3) is 4.81. The van der Waals surface area contributed by atoms with E-state index in [9.17, 15) is 14.0 Å². The first-order valence-electron chi connectivity index (χ1n) is 8.57. The molecule has 0 heterocycles. The maximum Gasteiger partial charge on any atom is 0.253 e. The van der Waals surface area contributed by atoms with Crippen LogP contribution in [-0.4, -0.2) is 36.9 Å². The quantitative estimate of drug-likeness (QED) is 0.828. The van der Waals surface area contributed by atoms with Crippen molar-refractivity contribution < 1.29 is 18.7 Å². The largest absolute Gasteiger partial charge is 0.492 e. The summed E-state index contributed by atoms with van der Waals surface area (Å²) < 4.78 is 18.4. The molecular formula is C20H21FN2O3. The van der Waals surface area contributed by atoms with Crippen LogP contribution < -0.4 is 10.1 Å². The highest BCUT2D eigenvalue weighted by Crippen LogP contribution is 2.30. The van der Waals surface area contributed by atoms with Gasteiger partial charge >= 0.3 is 0 Å². The predicted molar refractivity (Wildman–Crippen MR) is 96.7 cm³/mol. The van der Waals surface area contributed by atoms with Crippen LogP contribution in [0.5, 0.6) is 5.75 Å². The molecule has 2 aromatic rings. The van der Waals surface area contributed by atoms with Crippen LogP contribution in [0.3, 0.4) is 0 Å². The second-order valence-electron chi connectivity index (χ2n) is 6.37. The average Bonchev–Trinajstić information content (AvgIpc) is 3.48. The SMILES string of the molecule is CN(CCOc1ccc(F)cc1)C(=O)c1cccc(NC(=O)C2CC2)c1. The Morgan fingerprint density at radius 3 is 2.62 bits per heavy atom. The molecule has 2 aromatic carbocycles. The fourth-order valence-corrected chi connectivity index (χ4v) is 2.47. The summed E-state index contributed by atoms with van der Waals surface area (Å²) in [4.78, 5) is 25.9. The van der Waals surface area contributed by atoms with Gasteiger partial charge in [0.2, 0.25) is 5.91 Å². The summed E-state index contributed by atoms with van der Waals surface area (Å²) in [5.41, 5.74) is 1.13. The molecule has 0 bridgehead atoms. The Morgan fingerprint density at radius 2 is 1.92 bits per heavy atom. The van der Waals surface area contributed by atoms with Gasteiger partial charge in [-0.05, 0) is 55.3 Å². The normalized spacial score (nSPS) is 13.2. The maximum atomic E-state index is 12.9. The van der Waals surface area contributed by atoms with E-state index >= 15 is 0 Å². The number of carbonyl (C=O) groups excluding carboxylic acids is 2. The molecule has 0 saturated heterocycles. The Kier molecular flexibility index (Phi) is 5.51. The molecule has 2 amide bonds. The molecule has 1 saturated carbocycles. The van der Waals surface area contributed by atoms with Gasteiger partial charge in [-0.1, -0.05) is 6.07 Å². The standard InChI is InChI=1S/C20H21FN2O3/c1-23(11-12-26-18-9-7-16(21)8-10-18)20(25)15-3-2-4-17(13-15)22-19(24)14-5-6-14/h2-4,7-10,13-14H,5-6,11-12H2,1H3,(H,22,24). The lowest BCUT2D eigenvalue weighted by Gasteiger charge is -2.18. The zero-order valence-electron chi connectivity index (χ0n) is 14.6. The van der Waals surface area contributed by atoms with Gasteiger partial charge in [-0.15, -0.1) is 0 Å². The molecule has 0 atom stereocenters. The van der Waals surface area contributed by atoms with Gasteiger partial charge in [0.15, 0.2) is 0 Å². The van der Waals surface area contributed by atoms with Crippen molar-refractivity contribution in [3.8, 4) is 5.75 Å². The van der Waals surface area contributed by atoms with Crippen molar-refractivity contribution in [1.82, 2.24) is 4.90 Å². The molecule has 5 nitrogen and oxygen atoms in total. The van der Waals surface area contributed by atoms with Gasteiger partial charge in [0.25, 0.3) is 5.91 Å². The van der Waals surface area contributed by atoms with Gasteiger partial charge < -0.3 is 15.0 Å². The van der Waals surface area contributed by atoms with Gasteiger partial charge in [0, 0.05) is 24.2 Å². The van der Waals surface area contributed by atoms with E-state index in [0.29, 0.717) is 30.2 Å². The van der Waals surface area contributed by atoms with Crippen LogP contribution in [0.4, 0.5) is 10.1 Å². The van der Waals surface area contributed by atoms with E-state index in [2.05, 4.69) is 5.32 Å². The Hall–Kier alpha value is -2.89. The fourth-order valence-electron chi connectivity index (χ4n) is 2.47. The second kappa shape index (κ2) is 7.99. The molecule has 0 spiro atoms. The molecule has 1 aliphatic carbocycles. The highest BCUT2D eigenvalue weighted by Gasteiger charge is 2.29. The van der Waals surface area contributed by atoms with Crippen LogP contribution in [0.15, 0.2) is 48.5 Å². The Morgan fingerprint density at radius 1 is 1.19 bits per heavy atom. The van der Waals surface area contributed by atoms with Crippen molar-refractivity contribution >= 4 is 17.5 Å². The zero-order valence-corrected chi connectivity index (χ0v) is 14.6. The lowest BCUT2D eigenvalue weighted by Crippen LogP contribution is -2.31. The summed E-state index contributed by atoms with van der Waals surface area (Å²) in [6.45, 7) is 0.681. The van der Waals surface area contributed by atoms with E-state index in [0.717, 1.165) is 12.8 Å². The molecular weight excluding hydrogens is 335 g/mol. The number of nitrogens with one attached hydrogen (secondary N) is 1. The van der Waals surface area contributed by atoms with Crippen LogP contribution >= 0.6 is 0 Å². The molecule has 0 unspecified atom stereocenters. The number of likely N-dealkylation sites (N-methyl/N-ethyl adjacent to an activating group) is 1. The molecule has 6 heteroatoms. The topological polar surface area (TPSA) is 58.6 Å². The zero-order chi connectivity index (χ0) is 18.5. The predicted octanol–water partition coefficient (Wildman–Crippen LogP) is 3.33. The summed E-state index contributed by atoms with van der Waals surface area (Å²) in [5.74, 6) is 0.196. The Balaban J connectivity index is 1.52. The first-order chi connectivity index (χ1) is 12.5. The Labute approximate surface area is 151 Å². The highest BCUT2D eigenvalue weighted by atomic mass is 19.1. The van der Waals surface area contributed by atoms with Gasteiger partial charge in [0.1, 0.15) is 18.2 Å². The number of hydrogen-bond donors (Lipinski definition) is 1. The van der Waals surface area contributed by atoms with E-state index in [-0.39, 0.29) is 23.5 Å². The smallest absolute Gasteiger partial charge is 0.253 e. The Bertz CT molecular complexity index is 788. The number of rotatable bonds is 7. The van der Waals surface area contributed by atoms with Crippen molar-refractivity contribution in [2.24, 2.45) is 5.92 Å². The molecule has 1 aliphatic rings. The number of nitrogens with zero attached hydrogens (tertiary/aromatic N) is 1. The number of halogens is 1. The number of anilines is 1. The van der Waals surface area contributed by atoms with Crippen molar-refractivity contribution in [2.45, 2.75) is 12.8 Å². The molecule has 0 aliphatic heterocycles. The molecule has 0 aromatic heterocycles. The summed E-state index contributed by atoms with van der Waals surface area (Å²) in [6, 6.07) is 12.7. The minimum Gasteiger partial charge on any atom is -0.492 e. The van der Waals surface area contributed by atoms with Crippen LogP contribution in [0, 0.1) is 11.7 Å². The summed E-state index contributed by atoms with van der Waals surface area (Å²) in [6.07, 6.45) is 1.86. The monoisotopic (exact) mass is 356 g/mol. The molecule has 26 heavy (non-hydrogen) atoms. The van der Waals surface area contributed by atoms with Crippen molar-refractivity contribution in [2.75, 3.05) is 25.5 Å². The van der Waals surface area contributed by atoms with Gasteiger partial charge in [0.05, 0.1) is 6.54 Å². The highest BCUT2D eigenvalue weighted by molar-refractivity contribution is 5.98. The number of amides is 2. The lowest BCUT2D eigenvalue weighted by atomic mass is 10.1. The van der Waals surface area contributed by atoms with E-state index in [4.69, 9.17) is 4.74 Å². The molecule has 3 rings (SSSR count). The van der Waals surface area contributed by atoms with Gasteiger partial charge in [-0.2, -0.15) is 0 Å². The van der Waals surface area contributed by atoms with Crippen molar-refractivity contribution in [1.29, 1.82) is 0 Å². The summed E-state index contributed by atoms with van der Waals surface area (Å²) in [5, 5.41) is 2.84. The third-order valence-corrected chi connectivity index (χ3v) is 4.18. The van der Waals surface area contributed by atoms with Crippen LogP contribution in [-0.2, 0) is 4.79 Å². The van der Waals surface area contributed by atoms with E-state index in [1.807, 2.05) is 0 Å². The molecule has 0 radical (unpaired) electrons. The summed E-state index contributed by atoms with van der Waals surface area (Å²) >= 11 is 0. The summed E-state index contributed by atoms with van der Waals surface area (Å²) in [7, 11) is 1.69. The van der Waals surface area contributed by atoms with Crippen LogP contribution in [0.2, 0.25) is 0 Å². The lowest BCUT2D eigenvalue weighted by molar-refractivity contribution is -0.117. The number of benzene rings is 2. The van der Waals surface area contributed by atoms with E-state index in [1.54, 1.807) is 48.3 Å². The minimum absolute atomic E-state index is 0.00986. The maximum absolute atomic E-state index is 12.9. The first kappa shape index (κ1) is 17.9. The second-order valence-corrected chi connectivity index (χ2v) is 6.37. The number of carbonyl (C=O) groups is 2.